The Labute approximate surface area is 152 Å². The number of thioether (sulfide) groups is 1. The summed E-state index contributed by atoms with van der Waals surface area (Å²) in [6.07, 6.45) is 0.193. The molecule has 0 bridgehead atoms. The number of amides is 2. The number of nitrogens with two attached hydrogens (primary N) is 1. The van der Waals surface area contributed by atoms with E-state index in [1.807, 2.05) is 42.5 Å². The molecule has 0 saturated carbocycles. The molecular weight excluding hydrogens is 332 g/mol. The highest BCUT2D eigenvalue weighted by Gasteiger charge is 2.40. The predicted molar refractivity (Wildman–Crippen MR) is 103 cm³/mol. The van der Waals surface area contributed by atoms with Crippen molar-refractivity contribution in [3.05, 3.63) is 54.1 Å². The van der Waals surface area contributed by atoms with Gasteiger partial charge in [-0.15, -0.1) is 11.8 Å². The minimum atomic E-state index is -0.431. The van der Waals surface area contributed by atoms with Crippen LogP contribution < -0.4 is 10.6 Å². The number of para-hydroxylation sites is 1. The topological polar surface area (TPSA) is 63.4 Å². The summed E-state index contributed by atoms with van der Waals surface area (Å²) in [6, 6.07) is 15.1. The van der Waals surface area contributed by atoms with Gasteiger partial charge in [0.2, 0.25) is 11.8 Å². The van der Waals surface area contributed by atoms with Crippen LogP contribution in [-0.2, 0) is 15.0 Å². The second kappa shape index (κ2) is 6.56. The van der Waals surface area contributed by atoms with Gasteiger partial charge in [0.25, 0.3) is 0 Å². The Bertz CT molecular complexity index is 809. The molecule has 1 heterocycles. The minimum absolute atomic E-state index is 0.0286. The van der Waals surface area contributed by atoms with Gasteiger partial charge in [-0.1, -0.05) is 45.0 Å². The van der Waals surface area contributed by atoms with Gasteiger partial charge in [0, 0.05) is 17.0 Å². The van der Waals surface area contributed by atoms with E-state index in [1.165, 1.54) is 22.2 Å². The van der Waals surface area contributed by atoms with Crippen LogP contribution in [0.1, 0.15) is 32.8 Å². The van der Waals surface area contributed by atoms with Gasteiger partial charge in [-0.2, -0.15) is 0 Å². The van der Waals surface area contributed by atoms with Gasteiger partial charge >= 0.3 is 0 Å². The summed E-state index contributed by atoms with van der Waals surface area (Å²) in [5, 5.41) is -0.431. The highest BCUT2D eigenvalue weighted by atomic mass is 32.2. The summed E-state index contributed by atoms with van der Waals surface area (Å²) < 4.78 is 0. The Hall–Kier alpha value is -2.27. The number of carbonyl (C=O) groups excluding carboxylic acids is 2. The third kappa shape index (κ3) is 3.56. The minimum Gasteiger partial charge on any atom is -0.398 e. The summed E-state index contributed by atoms with van der Waals surface area (Å²) >= 11 is 1.36. The van der Waals surface area contributed by atoms with Crippen LogP contribution in [0.4, 0.5) is 11.4 Å². The van der Waals surface area contributed by atoms with Gasteiger partial charge in [0.15, 0.2) is 0 Å². The molecule has 0 aliphatic carbocycles. The number of benzene rings is 2. The largest absolute Gasteiger partial charge is 0.398 e. The molecule has 1 aliphatic rings. The summed E-state index contributed by atoms with van der Waals surface area (Å²) in [6.45, 7) is 6.39. The van der Waals surface area contributed by atoms with E-state index in [-0.39, 0.29) is 23.7 Å². The molecule has 1 saturated heterocycles. The monoisotopic (exact) mass is 354 g/mol. The lowest BCUT2D eigenvalue weighted by molar-refractivity contribution is -0.121. The third-order valence-electron chi connectivity index (χ3n) is 4.29. The van der Waals surface area contributed by atoms with Gasteiger partial charge < -0.3 is 5.73 Å². The average Bonchev–Trinajstić information content (AvgIpc) is 2.83. The van der Waals surface area contributed by atoms with Gasteiger partial charge in [0.05, 0.1) is 10.9 Å². The van der Waals surface area contributed by atoms with Crippen LogP contribution in [0.2, 0.25) is 0 Å². The Morgan fingerprint density at radius 3 is 2.28 bits per heavy atom. The molecule has 0 aromatic heterocycles. The maximum atomic E-state index is 12.8. The third-order valence-corrected chi connectivity index (χ3v) is 5.56. The smallest absolute Gasteiger partial charge is 0.247 e. The van der Waals surface area contributed by atoms with Crippen LogP contribution in [0.5, 0.6) is 0 Å². The number of hydrogen-bond acceptors (Lipinski definition) is 4. The number of hydrogen-bond donors (Lipinski definition) is 1. The maximum absolute atomic E-state index is 12.8. The van der Waals surface area contributed by atoms with Crippen LogP contribution in [-0.4, -0.2) is 17.1 Å². The van der Waals surface area contributed by atoms with Crippen molar-refractivity contribution < 1.29 is 9.59 Å². The molecule has 2 aromatic rings. The average molecular weight is 354 g/mol. The van der Waals surface area contributed by atoms with Crippen molar-refractivity contribution in [2.24, 2.45) is 0 Å². The molecule has 25 heavy (non-hydrogen) atoms. The number of rotatable bonds is 3. The fourth-order valence-corrected chi connectivity index (χ4v) is 3.92. The fourth-order valence-electron chi connectivity index (χ4n) is 2.82. The molecule has 4 nitrogen and oxygen atoms in total. The van der Waals surface area contributed by atoms with Crippen molar-refractivity contribution >= 4 is 35.0 Å². The van der Waals surface area contributed by atoms with Gasteiger partial charge in [-0.25, -0.2) is 4.90 Å². The van der Waals surface area contributed by atoms with E-state index in [2.05, 4.69) is 20.8 Å². The molecule has 130 valence electrons. The molecule has 1 atom stereocenters. The first-order chi connectivity index (χ1) is 11.8. The van der Waals surface area contributed by atoms with Crippen molar-refractivity contribution in [3.63, 3.8) is 0 Å². The van der Waals surface area contributed by atoms with Crippen LogP contribution in [0.15, 0.2) is 53.4 Å². The number of anilines is 2. The van der Waals surface area contributed by atoms with E-state index in [0.717, 1.165) is 4.90 Å². The summed E-state index contributed by atoms with van der Waals surface area (Å²) in [5.74, 6) is -0.345. The van der Waals surface area contributed by atoms with E-state index in [0.29, 0.717) is 11.4 Å². The second-order valence-electron chi connectivity index (χ2n) is 7.21. The Morgan fingerprint density at radius 1 is 1.04 bits per heavy atom. The lowest BCUT2D eigenvalue weighted by atomic mass is 9.87. The molecule has 1 fully saturated rings. The zero-order valence-corrected chi connectivity index (χ0v) is 15.5. The SMILES string of the molecule is CC(C)(C)c1ccc(N2C(=O)C[C@@H](Sc3ccccc3N)C2=O)cc1. The van der Waals surface area contributed by atoms with Crippen LogP contribution >= 0.6 is 11.8 Å². The molecule has 0 spiro atoms. The quantitative estimate of drug-likeness (QED) is 0.669. The zero-order chi connectivity index (χ0) is 18.2. The normalized spacial score (nSPS) is 18.0. The van der Waals surface area contributed by atoms with Gasteiger partial charge in [0.1, 0.15) is 0 Å². The highest BCUT2D eigenvalue weighted by Crippen LogP contribution is 2.36. The number of nitrogen functional groups attached to an aromatic ring is 1. The molecule has 2 amide bonds. The second-order valence-corrected chi connectivity index (χ2v) is 8.46. The Kier molecular flexibility index (Phi) is 4.60. The van der Waals surface area contributed by atoms with E-state index in [9.17, 15) is 9.59 Å². The Morgan fingerprint density at radius 2 is 1.68 bits per heavy atom. The first-order valence-corrected chi connectivity index (χ1v) is 9.14. The fraction of sp³-hybridized carbons (Fsp3) is 0.300. The molecule has 1 aliphatic heterocycles. The lowest BCUT2D eigenvalue weighted by Gasteiger charge is -2.21. The molecular formula is C20H22N2O2S. The first kappa shape index (κ1) is 17.5. The van der Waals surface area contributed by atoms with Crippen LogP contribution in [0.25, 0.3) is 0 Å². The van der Waals surface area contributed by atoms with Crippen molar-refractivity contribution in [1.29, 1.82) is 0 Å². The van der Waals surface area contributed by atoms with Crippen molar-refractivity contribution in [2.75, 3.05) is 10.6 Å². The predicted octanol–water partition coefficient (Wildman–Crippen LogP) is 3.99. The molecule has 0 radical (unpaired) electrons. The first-order valence-electron chi connectivity index (χ1n) is 8.26. The summed E-state index contributed by atoms with van der Waals surface area (Å²) in [4.78, 5) is 27.3. The van der Waals surface area contributed by atoms with Crippen LogP contribution in [0.3, 0.4) is 0 Å². The lowest BCUT2D eigenvalue weighted by Crippen LogP contribution is -2.31. The van der Waals surface area contributed by atoms with E-state index < -0.39 is 5.25 Å². The van der Waals surface area contributed by atoms with Crippen LogP contribution in [0, 0.1) is 0 Å². The molecule has 5 heteroatoms. The van der Waals surface area contributed by atoms with E-state index in [1.54, 1.807) is 6.07 Å². The standard InChI is InChI=1S/C20H22N2O2S/c1-20(2,3)13-8-10-14(11-9-13)22-18(23)12-17(19(22)24)25-16-7-5-4-6-15(16)21/h4-11,17H,12,21H2,1-3H3/t17-/m1/s1. The highest BCUT2D eigenvalue weighted by molar-refractivity contribution is 8.00. The maximum Gasteiger partial charge on any atom is 0.247 e. The van der Waals surface area contributed by atoms with E-state index >= 15 is 0 Å². The van der Waals surface area contributed by atoms with Crippen molar-refractivity contribution in [2.45, 2.75) is 42.8 Å². The number of carbonyl (C=O) groups is 2. The molecule has 3 rings (SSSR count). The van der Waals surface area contributed by atoms with Crippen molar-refractivity contribution in [3.8, 4) is 0 Å². The molecule has 2 aromatic carbocycles. The molecule has 2 N–H and O–H groups in total. The number of imide groups is 1. The zero-order valence-electron chi connectivity index (χ0n) is 14.7. The van der Waals surface area contributed by atoms with E-state index in [4.69, 9.17) is 5.73 Å². The summed E-state index contributed by atoms with van der Waals surface area (Å²) in [7, 11) is 0. The van der Waals surface area contributed by atoms with Gasteiger partial charge in [-0.3, -0.25) is 9.59 Å². The molecule has 0 unspecified atom stereocenters. The van der Waals surface area contributed by atoms with Crippen molar-refractivity contribution in [1.82, 2.24) is 0 Å². The number of nitrogens with zero attached hydrogens (tertiary/aromatic N) is 1. The Balaban J connectivity index is 1.81. The van der Waals surface area contributed by atoms with Gasteiger partial charge in [-0.05, 0) is 35.2 Å². The summed E-state index contributed by atoms with van der Waals surface area (Å²) in [5.41, 5.74) is 8.40.